The average molecular weight is 397 g/mol. The van der Waals surface area contributed by atoms with Gasteiger partial charge in [0.15, 0.2) is 0 Å². The molecule has 0 aliphatic carbocycles. The van der Waals surface area contributed by atoms with E-state index in [1.54, 1.807) is 4.90 Å². The standard InChI is InChI=1S/C19H19F4N3O2/c20-13-1-3-14(4-2-13)26(11-12-5-7-28-8-6-12)17-9-16(19(21,22)23)15(10-25-17)18(24)27/h1-4,9-10,12H,5-8,11H2,(H2,24,27). The Kier molecular flexibility index (Phi) is 5.83. The molecule has 2 heterocycles. The minimum absolute atomic E-state index is 0.00965. The van der Waals surface area contributed by atoms with Gasteiger partial charge in [0.25, 0.3) is 5.91 Å². The van der Waals surface area contributed by atoms with Crippen molar-refractivity contribution in [3.05, 3.63) is 53.5 Å². The highest BCUT2D eigenvalue weighted by Gasteiger charge is 2.36. The van der Waals surface area contributed by atoms with Crippen molar-refractivity contribution in [2.45, 2.75) is 19.0 Å². The number of primary amides is 1. The van der Waals surface area contributed by atoms with Crippen LogP contribution >= 0.6 is 0 Å². The molecule has 1 aromatic heterocycles. The van der Waals surface area contributed by atoms with Gasteiger partial charge in [-0.3, -0.25) is 4.79 Å². The second-order valence-corrected chi connectivity index (χ2v) is 6.59. The van der Waals surface area contributed by atoms with E-state index in [0.717, 1.165) is 25.1 Å². The molecule has 0 saturated carbocycles. The highest BCUT2D eigenvalue weighted by atomic mass is 19.4. The molecule has 150 valence electrons. The van der Waals surface area contributed by atoms with Crippen molar-refractivity contribution in [2.24, 2.45) is 11.7 Å². The minimum Gasteiger partial charge on any atom is -0.381 e. The molecule has 9 heteroatoms. The Morgan fingerprint density at radius 2 is 1.86 bits per heavy atom. The maximum absolute atomic E-state index is 13.4. The number of ether oxygens (including phenoxy) is 1. The van der Waals surface area contributed by atoms with E-state index >= 15 is 0 Å². The first-order valence-corrected chi connectivity index (χ1v) is 8.73. The van der Waals surface area contributed by atoms with Crippen LogP contribution in [0.1, 0.15) is 28.8 Å². The average Bonchev–Trinajstić information content (AvgIpc) is 2.66. The maximum Gasteiger partial charge on any atom is 0.417 e. The van der Waals surface area contributed by atoms with Crippen LogP contribution in [0.15, 0.2) is 36.5 Å². The lowest BCUT2D eigenvalue weighted by Crippen LogP contribution is -2.30. The summed E-state index contributed by atoms with van der Waals surface area (Å²) in [5.74, 6) is -1.48. The van der Waals surface area contributed by atoms with Crippen molar-refractivity contribution in [3.8, 4) is 0 Å². The fourth-order valence-electron chi connectivity index (χ4n) is 3.16. The van der Waals surface area contributed by atoms with Crippen LogP contribution in [0.2, 0.25) is 0 Å². The van der Waals surface area contributed by atoms with Crippen LogP contribution in [0.5, 0.6) is 0 Å². The number of nitrogens with two attached hydrogens (primary N) is 1. The quantitative estimate of drug-likeness (QED) is 0.777. The number of hydrogen-bond donors (Lipinski definition) is 1. The molecule has 28 heavy (non-hydrogen) atoms. The number of amides is 1. The minimum atomic E-state index is -4.77. The maximum atomic E-state index is 13.4. The van der Waals surface area contributed by atoms with Crippen molar-refractivity contribution in [3.63, 3.8) is 0 Å². The number of carbonyl (C=O) groups is 1. The van der Waals surface area contributed by atoms with E-state index in [9.17, 15) is 22.4 Å². The summed E-state index contributed by atoms with van der Waals surface area (Å²) in [6.07, 6.45) is -2.43. The second kappa shape index (κ2) is 8.14. The monoisotopic (exact) mass is 397 g/mol. The molecule has 1 aliphatic heterocycles. The predicted octanol–water partition coefficient (Wildman–Crippen LogP) is 3.90. The summed E-state index contributed by atoms with van der Waals surface area (Å²) in [5.41, 5.74) is 3.72. The van der Waals surface area contributed by atoms with Crippen molar-refractivity contribution >= 4 is 17.4 Å². The van der Waals surface area contributed by atoms with Crippen LogP contribution in [-0.2, 0) is 10.9 Å². The number of aromatic nitrogens is 1. The second-order valence-electron chi connectivity index (χ2n) is 6.59. The summed E-state index contributed by atoms with van der Waals surface area (Å²) in [4.78, 5) is 17.0. The number of benzene rings is 1. The van der Waals surface area contributed by atoms with E-state index in [0.29, 0.717) is 25.4 Å². The first-order chi connectivity index (χ1) is 13.3. The van der Waals surface area contributed by atoms with Crippen LogP contribution in [0.3, 0.4) is 0 Å². The summed E-state index contributed by atoms with van der Waals surface area (Å²) >= 11 is 0. The van der Waals surface area contributed by atoms with Gasteiger partial charge < -0.3 is 15.4 Å². The van der Waals surface area contributed by atoms with Gasteiger partial charge in [-0.25, -0.2) is 9.37 Å². The van der Waals surface area contributed by atoms with Crippen LogP contribution in [0.4, 0.5) is 29.1 Å². The van der Waals surface area contributed by atoms with E-state index < -0.39 is 29.0 Å². The Bertz CT molecular complexity index is 834. The van der Waals surface area contributed by atoms with E-state index in [2.05, 4.69) is 4.98 Å². The van der Waals surface area contributed by atoms with E-state index in [-0.39, 0.29) is 11.7 Å². The van der Waals surface area contributed by atoms with Gasteiger partial charge in [-0.15, -0.1) is 0 Å². The first kappa shape index (κ1) is 20.1. The molecule has 3 rings (SSSR count). The molecule has 1 saturated heterocycles. The van der Waals surface area contributed by atoms with Crippen LogP contribution in [0, 0.1) is 11.7 Å². The van der Waals surface area contributed by atoms with Gasteiger partial charge in [-0.1, -0.05) is 0 Å². The third kappa shape index (κ3) is 4.59. The molecule has 1 aliphatic rings. The fourth-order valence-corrected chi connectivity index (χ4v) is 3.16. The van der Waals surface area contributed by atoms with Gasteiger partial charge in [0, 0.05) is 31.6 Å². The molecular weight excluding hydrogens is 378 g/mol. The van der Waals surface area contributed by atoms with E-state index in [1.165, 1.54) is 24.3 Å². The lowest BCUT2D eigenvalue weighted by Gasteiger charge is -2.31. The lowest BCUT2D eigenvalue weighted by molar-refractivity contribution is -0.137. The van der Waals surface area contributed by atoms with Crippen molar-refractivity contribution < 1.29 is 27.1 Å². The van der Waals surface area contributed by atoms with Crippen LogP contribution < -0.4 is 10.6 Å². The summed E-state index contributed by atoms with van der Waals surface area (Å²) in [6.45, 7) is 1.53. The lowest BCUT2D eigenvalue weighted by atomic mass is 9.99. The van der Waals surface area contributed by atoms with Crippen molar-refractivity contribution in [1.82, 2.24) is 4.98 Å². The van der Waals surface area contributed by atoms with Gasteiger partial charge in [-0.2, -0.15) is 13.2 Å². The highest BCUT2D eigenvalue weighted by Crippen LogP contribution is 2.36. The molecule has 0 radical (unpaired) electrons. The van der Waals surface area contributed by atoms with Crippen molar-refractivity contribution in [1.29, 1.82) is 0 Å². The number of alkyl halides is 3. The Hall–Kier alpha value is -2.68. The van der Waals surface area contributed by atoms with Crippen molar-refractivity contribution in [2.75, 3.05) is 24.7 Å². The summed E-state index contributed by atoms with van der Waals surface area (Å²) in [6, 6.07) is 6.23. The van der Waals surface area contributed by atoms with Gasteiger partial charge >= 0.3 is 6.18 Å². The SMILES string of the molecule is NC(=O)c1cnc(N(CC2CCOCC2)c2ccc(F)cc2)cc1C(F)(F)F. The Balaban J connectivity index is 2.03. The molecule has 1 fully saturated rings. The Labute approximate surface area is 159 Å². The van der Waals surface area contributed by atoms with E-state index in [1.807, 2.05) is 0 Å². The van der Waals surface area contributed by atoms with Crippen LogP contribution in [0.25, 0.3) is 0 Å². The van der Waals surface area contributed by atoms with Gasteiger partial charge in [0.1, 0.15) is 11.6 Å². The number of pyridine rings is 1. The zero-order valence-electron chi connectivity index (χ0n) is 14.9. The normalized spacial score (nSPS) is 15.4. The third-order valence-corrected chi connectivity index (χ3v) is 4.66. The number of anilines is 2. The smallest absolute Gasteiger partial charge is 0.381 e. The first-order valence-electron chi connectivity index (χ1n) is 8.73. The summed E-state index contributed by atoms with van der Waals surface area (Å²) in [7, 11) is 0. The molecule has 0 bridgehead atoms. The third-order valence-electron chi connectivity index (χ3n) is 4.66. The summed E-state index contributed by atoms with van der Waals surface area (Å²) < 4.78 is 59.0. The van der Waals surface area contributed by atoms with Gasteiger partial charge in [0.2, 0.25) is 0 Å². The molecular formula is C19H19F4N3O2. The molecule has 2 aromatic rings. The predicted molar refractivity (Wildman–Crippen MR) is 94.7 cm³/mol. The summed E-state index contributed by atoms with van der Waals surface area (Å²) in [5, 5.41) is 0. The number of halogens is 4. The van der Waals surface area contributed by atoms with Crippen LogP contribution in [-0.4, -0.2) is 30.6 Å². The molecule has 0 unspecified atom stereocenters. The molecule has 0 spiro atoms. The number of hydrogen-bond acceptors (Lipinski definition) is 4. The van der Waals surface area contributed by atoms with E-state index in [4.69, 9.17) is 10.5 Å². The number of carbonyl (C=O) groups excluding carboxylic acids is 1. The topological polar surface area (TPSA) is 68.5 Å². The molecule has 1 aromatic carbocycles. The fraction of sp³-hybridized carbons (Fsp3) is 0.368. The molecule has 5 nitrogen and oxygen atoms in total. The zero-order valence-corrected chi connectivity index (χ0v) is 14.9. The zero-order chi connectivity index (χ0) is 20.3. The molecule has 1 amide bonds. The van der Waals surface area contributed by atoms with Gasteiger partial charge in [0.05, 0.1) is 11.1 Å². The molecule has 2 N–H and O–H groups in total. The Morgan fingerprint density at radius 1 is 1.21 bits per heavy atom. The van der Waals surface area contributed by atoms with Gasteiger partial charge in [-0.05, 0) is 49.1 Å². The Morgan fingerprint density at radius 3 is 2.43 bits per heavy atom. The highest BCUT2D eigenvalue weighted by molar-refractivity contribution is 5.94. The molecule has 0 atom stereocenters. The largest absolute Gasteiger partial charge is 0.417 e. The number of nitrogens with zero attached hydrogens (tertiary/aromatic N) is 2. The number of rotatable bonds is 5.